The number of fused-ring (bicyclic) bond motifs is 1. The summed E-state index contributed by atoms with van der Waals surface area (Å²) in [5.74, 6) is 2.00. The first-order valence-electron chi connectivity index (χ1n) is 9.55. The zero-order chi connectivity index (χ0) is 21.1. The van der Waals surface area contributed by atoms with E-state index in [2.05, 4.69) is 15.5 Å². The molecule has 0 radical (unpaired) electrons. The molecular weight excluding hydrogens is 384 g/mol. The molecule has 0 aliphatic carbocycles. The molecule has 0 saturated heterocycles. The summed E-state index contributed by atoms with van der Waals surface area (Å²) < 4.78 is 18.1. The van der Waals surface area contributed by atoms with Gasteiger partial charge in [0.25, 0.3) is 0 Å². The van der Waals surface area contributed by atoms with Crippen LogP contribution in [0.25, 0.3) is 22.4 Å². The molecule has 154 valence electrons. The molecular formula is C22H22N4O4. The highest BCUT2D eigenvalue weighted by Gasteiger charge is 2.17. The summed E-state index contributed by atoms with van der Waals surface area (Å²) in [6, 6.07) is 13.0. The first kappa shape index (κ1) is 19.5. The third-order valence-corrected chi connectivity index (χ3v) is 4.77. The number of ether oxygens (including phenoxy) is 2. The first-order chi connectivity index (χ1) is 14.6. The molecule has 0 aliphatic heterocycles. The van der Waals surface area contributed by atoms with Gasteiger partial charge in [0.1, 0.15) is 6.54 Å². The lowest BCUT2D eigenvalue weighted by Gasteiger charge is -2.11. The Bertz CT molecular complexity index is 1200. The fourth-order valence-corrected chi connectivity index (χ4v) is 3.32. The molecule has 2 aromatic heterocycles. The number of hydrogen-bond acceptors (Lipinski definition) is 6. The SMILES string of the molecule is CCc1nnc(-c2cn(CC(=O)Nc3ccc(OC)c(OC)c3)c3ccccc23)o1. The molecule has 0 saturated carbocycles. The molecule has 0 bridgehead atoms. The van der Waals surface area contributed by atoms with E-state index in [9.17, 15) is 4.79 Å². The van der Waals surface area contributed by atoms with Crippen molar-refractivity contribution in [2.24, 2.45) is 0 Å². The van der Waals surface area contributed by atoms with Crippen molar-refractivity contribution in [1.82, 2.24) is 14.8 Å². The maximum absolute atomic E-state index is 12.7. The van der Waals surface area contributed by atoms with Crippen LogP contribution in [0.15, 0.2) is 53.1 Å². The van der Waals surface area contributed by atoms with Gasteiger partial charge in [-0.1, -0.05) is 25.1 Å². The van der Waals surface area contributed by atoms with E-state index in [0.717, 1.165) is 16.5 Å². The van der Waals surface area contributed by atoms with E-state index in [-0.39, 0.29) is 12.5 Å². The van der Waals surface area contributed by atoms with Crippen molar-refractivity contribution in [2.45, 2.75) is 19.9 Å². The fraction of sp³-hybridized carbons (Fsp3) is 0.227. The molecule has 0 atom stereocenters. The zero-order valence-corrected chi connectivity index (χ0v) is 17.0. The van der Waals surface area contributed by atoms with E-state index in [1.165, 1.54) is 0 Å². The zero-order valence-electron chi connectivity index (χ0n) is 17.0. The van der Waals surface area contributed by atoms with E-state index >= 15 is 0 Å². The van der Waals surface area contributed by atoms with Gasteiger partial charge in [-0.25, -0.2) is 0 Å². The second kappa shape index (κ2) is 8.28. The van der Waals surface area contributed by atoms with Crippen LogP contribution in [-0.2, 0) is 17.8 Å². The quantitative estimate of drug-likeness (QED) is 0.500. The molecule has 4 aromatic rings. The highest BCUT2D eigenvalue weighted by Crippen LogP contribution is 2.31. The Morgan fingerprint density at radius 3 is 2.63 bits per heavy atom. The van der Waals surface area contributed by atoms with Crippen LogP contribution in [-0.4, -0.2) is 34.9 Å². The number of para-hydroxylation sites is 1. The van der Waals surface area contributed by atoms with Crippen molar-refractivity contribution in [1.29, 1.82) is 0 Å². The van der Waals surface area contributed by atoms with Crippen LogP contribution < -0.4 is 14.8 Å². The summed E-state index contributed by atoms with van der Waals surface area (Å²) in [4.78, 5) is 12.7. The molecule has 2 heterocycles. The number of nitrogens with zero attached hydrogens (tertiary/aromatic N) is 3. The van der Waals surface area contributed by atoms with Crippen molar-refractivity contribution < 1.29 is 18.7 Å². The average molecular weight is 406 g/mol. The Morgan fingerprint density at radius 2 is 1.90 bits per heavy atom. The van der Waals surface area contributed by atoms with Gasteiger partial charge in [0.15, 0.2) is 11.5 Å². The van der Waals surface area contributed by atoms with Crippen LogP contribution in [0.1, 0.15) is 12.8 Å². The molecule has 8 heteroatoms. The predicted octanol–water partition coefficient (Wildman–Crippen LogP) is 3.91. The minimum atomic E-state index is -0.172. The Kier molecular flexibility index (Phi) is 5.38. The molecule has 0 unspecified atom stereocenters. The molecule has 8 nitrogen and oxygen atoms in total. The summed E-state index contributed by atoms with van der Waals surface area (Å²) >= 11 is 0. The molecule has 2 aromatic carbocycles. The number of aryl methyl sites for hydroxylation is 1. The Hall–Kier alpha value is -3.81. The lowest BCUT2D eigenvalue weighted by molar-refractivity contribution is -0.116. The van der Waals surface area contributed by atoms with Crippen LogP contribution in [0, 0.1) is 0 Å². The first-order valence-corrected chi connectivity index (χ1v) is 9.55. The Balaban J connectivity index is 1.60. The molecule has 0 spiro atoms. The van der Waals surface area contributed by atoms with Crippen LogP contribution in [0.4, 0.5) is 5.69 Å². The minimum absolute atomic E-state index is 0.129. The number of rotatable bonds is 7. The predicted molar refractivity (Wildman–Crippen MR) is 113 cm³/mol. The lowest BCUT2D eigenvalue weighted by Crippen LogP contribution is -2.18. The van der Waals surface area contributed by atoms with Crippen molar-refractivity contribution in [3.05, 3.63) is 54.6 Å². The number of methoxy groups -OCH3 is 2. The third kappa shape index (κ3) is 3.71. The minimum Gasteiger partial charge on any atom is -0.493 e. The van der Waals surface area contributed by atoms with Crippen LogP contribution in [0.3, 0.4) is 0 Å². The highest BCUT2D eigenvalue weighted by atomic mass is 16.5. The number of hydrogen-bond donors (Lipinski definition) is 1. The summed E-state index contributed by atoms with van der Waals surface area (Å²) in [6.07, 6.45) is 2.53. The smallest absolute Gasteiger partial charge is 0.249 e. The van der Waals surface area contributed by atoms with Crippen LogP contribution in [0.5, 0.6) is 11.5 Å². The number of carbonyl (C=O) groups is 1. The number of amides is 1. The van der Waals surface area contributed by atoms with Gasteiger partial charge in [0.05, 0.1) is 19.8 Å². The summed E-state index contributed by atoms with van der Waals surface area (Å²) in [6.45, 7) is 2.09. The van der Waals surface area contributed by atoms with E-state index in [1.54, 1.807) is 32.4 Å². The summed E-state index contributed by atoms with van der Waals surface area (Å²) in [5, 5.41) is 12.0. The van der Waals surface area contributed by atoms with Gasteiger partial charge in [-0.05, 0) is 18.2 Å². The second-order valence-corrected chi connectivity index (χ2v) is 6.66. The van der Waals surface area contributed by atoms with E-state index in [0.29, 0.717) is 35.4 Å². The fourth-order valence-electron chi connectivity index (χ4n) is 3.32. The number of anilines is 1. The van der Waals surface area contributed by atoms with E-state index in [1.807, 2.05) is 42.0 Å². The molecule has 1 amide bonds. The number of benzene rings is 2. The number of aromatic nitrogens is 3. The lowest BCUT2D eigenvalue weighted by atomic mass is 10.2. The van der Waals surface area contributed by atoms with Gasteiger partial charge in [0.2, 0.25) is 17.7 Å². The second-order valence-electron chi connectivity index (χ2n) is 6.66. The molecule has 0 aliphatic rings. The monoisotopic (exact) mass is 406 g/mol. The summed E-state index contributed by atoms with van der Waals surface area (Å²) in [7, 11) is 3.12. The number of nitrogens with one attached hydrogen (secondary N) is 1. The normalized spacial score (nSPS) is 10.9. The Labute approximate surface area is 173 Å². The van der Waals surface area contributed by atoms with Gasteiger partial charge in [-0.2, -0.15) is 0 Å². The largest absolute Gasteiger partial charge is 0.493 e. The summed E-state index contributed by atoms with van der Waals surface area (Å²) in [5.41, 5.74) is 2.33. The average Bonchev–Trinajstić information content (AvgIpc) is 3.38. The van der Waals surface area contributed by atoms with Gasteiger partial charge in [-0.15, -0.1) is 10.2 Å². The standard InChI is InChI=1S/C22H22N4O4/c1-4-21-24-25-22(30-21)16-12-26(17-8-6-5-7-15(16)17)13-20(27)23-14-9-10-18(28-2)19(11-14)29-3/h5-12H,4,13H2,1-3H3,(H,23,27). The molecule has 4 rings (SSSR count). The maximum atomic E-state index is 12.7. The topological polar surface area (TPSA) is 91.4 Å². The van der Waals surface area contributed by atoms with Gasteiger partial charge in [-0.3, -0.25) is 4.79 Å². The van der Waals surface area contributed by atoms with Crippen molar-refractivity contribution in [3.63, 3.8) is 0 Å². The van der Waals surface area contributed by atoms with Crippen molar-refractivity contribution >= 4 is 22.5 Å². The van der Waals surface area contributed by atoms with Gasteiger partial charge >= 0.3 is 0 Å². The van der Waals surface area contributed by atoms with Gasteiger partial charge < -0.3 is 23.8 Å². The molecule has 0 fully saturated rings. The molecule has 30 heavy (non-hydrogen) atoms. The van der Waals surface area contributed by atoms with Crippen molar-refractivity contribution in [3.8, 4) is 23.0 Å². The van der Waals surface area contributed by atoms with E-state index in [4.69, 9.17) is 13.9 Å². The van der Waals surface area contributed by atoms with Crippen LogP contribution >= 0.6 is 0 Å². The highest BCUT2D eigenvalue weighted by molar-refractivity contribution is 5.96. The maximum Gasteiger partial charge on any atom is 0.249 e. The van der Waals surface area contributed by atoms with Crippen LogP contribution in [0.2, 0.25) is 0 Å². The van der Waals surface area contributed by atoms with Gasteiger partial charge in [0, 0.05) is 35.3 Å². The van der Waals surface area contributed by atoms with E-state index < -0.39 is 0 Å². The number of carbonyl (C=O) groups excluding carboxylic acids is 1. The molecule has 1 N–H and O–H groups in total. The third-order valence-electron chi connectivity index (χ3n) is 4.77. The Morgan fingerprint density at radius 1 is 1.10 bits per heavy atom. The van der Waals surface area contributed by atoms with Crippen molar-refractivity contribution in [2.75, 3.05) is 19.5 Å².